The number of nitrogens with one attached hydrogen (secondary N) is 1. The maximum absolute atomic E-state index is 13.1. The third-order valence-electron chi connectivity index (χ3n) is 3.32. The molecule has 0 unspecified atom stereocenters. The van der Waals surface area contributed by atoms with Crippen molar-refractivity contribution in [2.45, 2.75) is 38.6 Å². The van der Waals surface area contributed by atoms with Gasteiger partial charge in [-0.2, -0.15) is 0 Å². The second-order valence-electron chi connectivity index (χ2n) is 4.75. The zero-order valence-corrected chi connectivity index (χ0v) is 10.3. The molecule has 0 spiro atoms. The molecule has 1 aromatic carbocycles. The Bertz CT molecular complexity index is 475. The molecule has 2 rings (SSSR count). The van der Waals surface area contributed by atoms with Crippen molar-refractivity contribution in [1.29, 1.82) is 0 Å². The van der Waals surface area contributed by atoms with Gasteiger partial charge in [-0.15, -0.1) is 0 Å². The molecule has 0 aromatic heterocycles. The minimum absolute atomic E-state index is 0.0258. The zero-order valence-electron chi connectivity index (χ0n) is 10.3. The highest BCUT2D eigenvalue weighted by molar-refractivity contribution is 5.96. The van der Waals surface area contributed by atoms with Gasteiger partial charge >= 0.3 is 0 Å². The summed E-state index contributed by atoms with van der Waals surface area (Å²) in [5, 5.41) is 2.87. The van der Waals surface area contributed by atoms with E-state index in [4.69, 9.17) is 0 Å². The van der Waals surface area contributed by atoms with Crippen LogP contribution in [0.25, 0.3) is 0 Å². The highest BCUT2D eigenvalue weighted by atomic mass is 19.1. The predicted molar refractivity (Wildman–Crippen MR) is 65.9 cm³/mol. The van der Waals surface area contributed by atoms with Crippen LogP contribution in [-0.2, 0) is 4.79 Å². The SMILES string of the molecule is Cc1ccc(F)cc1C(=O)NC1CCC(=O)CC1. The van der Waals surface area contributed by atoms with Gasteiger partial charge in [-0.3, -0.25) is 9.59 Å². The first-order chi connectivity index (χ1) is 8.56. The van der Waals surface area contributed by atoms with Crippen LogP contribution in [0.1, 0.15) is 41.6 Å². The van der Waals surface area contributed by atoms with Crippen molar-refractivity contribution in [2.24, 2.45) is 0 Å². The molecule has 3 nitrogen and oxygen atoms in total. The lowest BCUT2D eigenvalue weighted by molar-refractivity contribution is -0.120. The van der Waals surface area contributed by atoms with Gasteiger partial charge in [-0.1, -0.05) is 6.07 Å². The average molecular weight is 249 g/mol. The molecule has 1 amide bonds. The number of rotatable bonds is 2. The van der Waals surface area contributed by atoms with Crippen LogP contribution in [0.3, 0.4) is 0 Å². The van der Waals surface area contributed by atoms with Crippen molar-refractivity contribution in [1.82, 2.24) is 5.32 Å². The van der Waals surface area contributed by atoms with Crippen LogP contribution in [0.2, 0.25) is 0 Å². The van der Waals surface area contributed by atoms with Gasteiger partial charge in [0.1, 0.15) is 11.6 Å². The number of carbonyl (C=O) groups excluding carboxylic acids is 2. The number of ketones is 1. The summed E-state index contributed by atoms with van der Waals surface area (Å²) in [5.74, 6) is -0.418. The van der Waals surface area contributed by atoms with Gasteiger partial charge in [0, 0.05) is 24.4 Å². The summed E-state index contributed by atoms with van der Waals surface area (Å²) in [4.78, 5) is 23.1. The number of aryl methyl sites for hydroxylation is 1. The molecule has 1 N–H and O–H groups in total. The van der Waals surface area contributed by atoms with Gasteiger partial charge in [0.15, 0.2) is 0 Å². The molecule has 1 fully saturated rings. The molecule has 0 saturated heterocycles. The lowest BCUT2D eigenvalue weighted by atomic mass is 9.94. The Morgan fingerprint density at radius 1 is 1.33 bits per heavy atom. The summed E-state index contributed by atoms with van der Waals surface area (Å²) in [5.41, 5.74) is 1.12. The van der Waals surface area contributed by atoms with E-state index in [2.05, 4.69) is 5.32 Å². The first-order valence-electron chi connectivity index (χ1n) is 6.15. The molecular weight excluding hydrogens is 233 g/mol. The topological polar surface area (TPSA) is 46.2 Å². The van der Waals surface area contributed by atoms with Crippen LogP contribution >= 0.6 is 0 Å². The second-order valence-corrected chi connectivity index (χ2v) is 4.75. The van der Waals surface area contributed by atoms with Crippen molar-refractivity contribution in [3.8, 4) is 0 Å². The maximum Gasteiger partial charge on any atom is 0.251 e. The van der Waals surface area contributed by atoms with Crippen molar-refractivity contribution in [2.75, 3.05) is 0 Å². The van der Waals surface area contributed by atoms with Gasteiger partial charge in [0.05, 0.1) is 0 Å². The second kappa shape index (κ2) is 5.29. The van der Waals surface area contributed by atoms with Crippen molar-refractivity contribution in [3.05, 3.63) is 35.1 Å². The van der Waals surface area contributed by atoms with Crippen molar-refractivity contribution >= 4 is 11.7 Å². The van der Waals surface area contributed by atoms with E-state index in [1.54, 1.807) is 13.0 Å². The minimum Gasteiger partial charge on any atom is -0.349 e. The molecule has 1 aliphatic carbocycles. The maximum atomic E-state index is 13.1. The molecule has 18 heavy (non-hydrogen) atoms. The molecule has 0 radical (unpaired) electrons. The Balaban J connectivity index is 2.03. The number of amides is 1. The lowest BCUT2D eigenvalue weighted by Gasteiger charge is -2.22. The van der Waals surface area contributed by atoms with E-state index in [0.717, 1.165) is 5.56 Å². The number of Topliss-reactive ketones (excluding diaryl/α,β-unsaturated/α-hetero) is 1. The largest absolute Gasteiger partial charge is 0.349 e. The molecule has 1 aliphatic rings. The summed E-state index contributed by atoms with van der Waals surface area (Å²) in [6.45, 7) is 1.78. The van der Waals surface area contributed by atoms with Crippen LogP contribution < -0.4 is 5.32 Å². The summed E-state index contributed by atoms with van der Waals surface area (Å²) in [6.07, 6.45) is 2.40. The van der Waals surface area contributed by atoms with E-state index in [-0.39, 0.29) is 17.7 Å². The van der Waals surface area contributed by atoms with E-state index < -0.39 is 5.82 Å². The van der Waals surface area contributed by atoms with Crippen LogP contribution in [0, 0.1) is 12.7 Å². The molecule has 1 saturated carbocycles. The monoisotopic (exact) mass is 249 g/mol. The van der Waals surface area contributed by atoms with Crippen LogP contribution in [0.5, 0.6) is 0 Å². The summed E-state index contributed by atoms with van der Waals surface area (Å²) in [7, 11) is 0. The average Bonchev–Trinajstić information content (AvgIpc) is 2.35. The third kappa shape index (κ3) is 2.94. The fourth-order valence-corrected chi connectivity index (χ4v) is 2.19. The Hall–Kier alpha value is -1.71. The Morgan fingerprint density at radius 3 is 2.67 bits per heavy atom. The Labute approximate surface area is 105 Å². The summed E-state index contributed by atoms with van der Waals surface area (Å²) in [6, 6.07) is 4.21. The summed E-state index contributed by atoms with van der Waals surface area (Å²) >= 11 is 0. The first kappa shape index (κ1) is 12.7. The van der Waals surface area contributed by atoms with E-state index in [9.17, 15) is 14.0 Å². The third-order valence-corrected chi connectivity index (χ3v) is 3.32. The van der Waals surface area contributed by atoms with Gasteiger partial charge in [-0.25, -0.2) is 4.39 Å². The molecule has 1 aromatic rings. The van der Waals surface area contributed by atoms with E-state index >= 15 is 0 Å². The standard InChI is InChI=1S/C14H16FNO2/c1-9-2-3-10(15)8-13(9)14(18)16-11-4-6-12(17)7-5-11/h2-3,8,11H,4-7H2,1H3,(H,16,18). The summed E-state index contributed by atoms with van der Waals surface area (Å²) < 4.78 is 13.1. The minimum atomic E-state index is -0.412. The van der Waals surface area contributed by atoms with Crippen molar-refractivity contribution in [3.63, 3.8) is 0 Å². The van der Waals surface area contributed by atoms with E-state index in [1.807, 2.05) is 0 Å². The molecular formula is C14H16FNO2. The quantitative estimate of drug-likeness (QED) is 0.874. The highest BCUT2D eigenvalue weighted by Crippen LogP contribution is 2.16. The smallest absolute Gasteiger partial charge is 0.251 e. The van der Waals surface area contributed by atoms with Crippen LogP contribution in [0.15, 0.2) is 18.2 Å². The number of hydrogen-bond donors (Lipinski definition) is 1. The molecule has 0 aliphatic heterocycles. The Kier molecular flexibility index (Phi) is 3.75. The number of carbonyl (C=O) groups is 2. The fraction of sp³-hybridized carbons (Fsp3) is 0.429. The highest BCUT2D eigenvalue weighted by Gasteiger charge is 2.21. The fourth-order valence-electron chi connectivity index (χ4n) is 2.19. The zero-order chi connectivity index (χ0) is 13.1. The normalized spacial score (nSPS) is 16.7. The molecule has 96 valence electrons. The number of benzene rings is 1. The molecule has 0 bridgehead atoms. The van der Waals surface area contributed by atoms with Gasteiger partial charge in [0.25, 0.3) is 5.91 Å². The number of hydrogen-bond acceptors (Lipinski definition) is 2. The molecule has 0 atom stereocenters. The van der Waals surface area contributed by atoms with Crippen LogP contribution in [0.4, 0.5) is 4.39 Å². The van der Waals surface area contributed by atoms with Crippen molar-refractivity contribution < 1.29 is 14.0 Å². The van der Waals surface area contributed by atoms with Gasteiger partial charge < -0.3 is 5.32 Å². The molecule has 0 heterocycles. The Morgan fingerprint density at radius 2 is 2.00 bits per heavy atom. The van der Waals surface area contributed by atoms with Gasteiger partial charge in [-0.05, 0) is 37.5 Å². The van der Waals surface area contributed by atoms with Gasteiger partial charge in [0.2, 0.25) is 0 Å². The van der Waals surface area contributed by atoms with E-state index in [0.29, 0.717) is 31.2 Å². The molecule has 4 heteroatoms. The lowest BCUT2D eigenvalue weighted by Crippen LogP contribution is -2.38. The number of halogens is 1. The van der Waals surface area contributed by atoms with E-state index in [1.165, 1.54) is 12.1 Å². The van der Waals surface area contributed by atoms with Crippen LogP contribution in [-0.4, -0.2) is 17.7 Å². The predicted octanol–water partition coefficient (Wildman–Crippen LogP) is 2.38. The first-order valence-corrected chi connectivity index (χ1v) is 6.15.